The summed E-state index contributed by atoms with van der Waals surface area (Å²) in [5.74, 6) is -0.0662. The van der Waals surface area contributed by atoms with Crippen LogP contribution in [0.1, 0.15) is 20.8 Å². The Bertz CT molecular complexity index is 229. The van der Waals surface area contributed by atoms with Crippen LogP contribution in [0.2, 0.25) is 0 Å². The van der Waals surface area contributed by atoms with E-state index in [9.17, 15) is 9.59 Å². The number of hydrogen-bond donors (Lipinski definition) is 1. The van der Waals surface area contributed by atoms with Crippen molar-refractivity contribution >= 4 is 12.0 Å². The van der Waals surface area contributed by atoms with Crippen molar-refractivity contribution in [2.75, 3.05) is 20.7 Å². The van der Waals surface area contributed by atoms with Crippen LogP contribution in [0, 0.1) is 5.92 Å². The molecule has 0 spiro atoms. The highest BCUT2D eigenvalue weighted by atomic mass is 16.5. The van der Waals surface area contributed by atoms with Crippen LogP contribution in [0.25, 0.3) is 0 Å². The van der Waals surface area contributed by atoms with Gasteiger partial charge in [0.1, 0.15) is 6.04 Å². The number of hydrogen-bond acceptors (Lipinski definition) is 3. The van der Waals surface area contributed by atoms with Crippen LogP contribution in [0.5, 0.6) is 0 Å². The van der Waals surface area contributed by atoms with Gasteiger partial charge in [0.15, 0.2) is 0 Å². The summed E-state index contributed by atoms with van der Waals surface area (Å²) >= 11 is 0. The zero-order valence-electron chi connectivity index (χ0n) is 10.0. The Kier molecular flexibility index (Phi) is 5.74. The predicted molar refractivity (Wildman–Crippen MR) is 57.5 cm³/mol. The Hall–Kier alpha value is -1.26. The quantitative estimate of drug-likeness (QED) is 0.757. The van der Waals surface area contributed by atoms with Gasteiger partial charge in [-0.25, -0.2) is 4.79 Å². The molecular formula is C10H20N2O3. The molecule has 0 aromatic heterocycles. The van der Waals surface area contributed by atoms with Crippen LogP contribution in [0.15, 0.2) is 0 Å². The molecule has 0 aliphatic heterocycles. The summed E-state index contributed by atoms with van der Waals surface area (Å²) in [6, 6.07) is -0.526. The Morgan fingerprint density at radius 1 is 1.40 bits per heavy atom. The number of carbonyl (C=O) groups is 2. The highest BCUT2D eigenvalue weighted by Gasteiger charge is 2.26. The Morgan fingerprint density at radius 2 is 1.93 bits per heavy atom. The number of alkyl carbamates (subject to hydrolysis) is 1. The maximum Gasteiger partial charge on any atom is 0.407 e. The fraction of sp³-hybridized carbons (Fsp3) is 0.800. The number of likely N-dealkylation sites (N-methyl/N-ethyl adjacent to an activating group) is 1. The molecule has 5 heteroatoms. The summed E-state index contributed by atoms with van der Waals surface area (Å²) in [4.78, 5) is 24.4. The van der Waals surface area contributed by atoms with Crippen LogP contribution in [0.4, 0.5) is 4.79 Å². The minimum Gasteiger partial charge on any atom is -0.453 e. The largest absolute Gasteiger partial charge is 0.453 e. The zero-order chi connectivity index (χ0) is 12.0. The lowest BCUT2D eigenvalue weighted by Crippen LogP contribution is -2.50. The fourth-order valence-electron chi connectivity index (χ4n) is 1.09. The van der Waals surface area contributed by atoms with E-state index in [0.29, 0.717) is 6.54 Å². The second-order valence-corrected chi connectivity index (χ2v) is 3.71. The molecule has 15 heavy (non-hydrogen) atoms. The first-order valence-corrected chi connectivity index (χ1v) is 5.03. The average molecular weight is 216 g/mol. The summed E-state index contributed by atoms with van der Waals surface area (Å²) in [5, 5.41) is 2.53. The number of methoxy groups -OCH3 is 1. The van der Waals surface area contributed by atoms with E-state index in [4.69, 9.17) is 0 Å². The first-order chi connectivity index (χ1) is 6.93. The molecule has 88 valence electrons. The number of amides is 2. The highest BCUT2D eigenvalue weighted by Crippen LogP contribution is 2.05. The van der Waals surface area contributed by atoms with Gasteiger partial charge in [0.2, 0.25) is 5.91 Å². The van der Waals surface area contributed by atoms with Gasteiger partial charge in [-0.05, 0) is 12.8 Å². The molecule has 5 nitrogen and oxygen atoms in total. The maximum atomic E-state index is 11.8. The highest BCUT2D eigenvalue weighted by molar-refractivity contribution is 5.85. The number of carbonyl (C=O) groups excluding carboxylic acids is 2. The van der Waals surface area contributed by atoms with Crippen molar-refractivity contribution in [3.63, 3.8) is 0 Å². The van der Waals surface area contributed by atoms with Crippen molar-refractivity contribution in [1.82, 2.24) is 10.2 Å². The summed E-state index contributed by atoms with van der Waals surface area (Å²) < 4.78 is 4.47. The predicted octanol–water partition coefficient (Wildman–Crippen LogP) is 0.845. The van der Waals surface area contributed by atoms with E-state index in [2.05, 4.69) is 10.1 Å². The van der Waals surface area contributed by atoms with E-state index in [1.807, 2.05) is 20.8 Å². The Labute approximate surface area is 90.8 Å². The van der Waals surface area contributed by atoms with Gasteiger partial charge in [0, 0.05) is 13.6 Å². The van der Waals surface area contributed by atoms with Gasteiger partial charge < -0.3 is 15.0 Å². The number of ether oxygens (including phenoxy) is 1. The normalized spacial score (nSPS) is 12.1. The van der Waals surface area contributed by atoms with E-state index in [0.717, 1.165) is 0 Å². The topological polar surface area (TPSA) is 58.6 Å². The Balaban J connectivity index is 4.52. The molecule has 0 bridgehead atoms. The average Bonchev–Trinajstić information content (AvgIpc) is 2.22. The first-order valence-electron chi connectivity index (χ1n) is 5.03. The lowest BCUT2D eigenvalue weighted by Gasteiger charge is -2.25. The lowest BCUT2D eigenvalue weighted by molar-refractivity contribution is -0.132. The zero-order valence-corrected chi connectivity index (χ0v) is 10.0. The van der Waals surface area contributed by atoms with Gasteiger partial charge in [0.05, 0.1) is 7.11 Å². The van der Waals surface area contributed by atoms with Gasteiger partial charge in [-0.15, -0.1) is 0 Å². The number of nitrogens with one attached hydrogen (secondary N) is 1. The molecule has 0 radical (unpaired) electrons. The standard InChI is InChI=1S/C10H20N2O3/c1-6-12(4)9(13)8(7(2)3)11-10(14)15-5/h7-8H,6H2,1-5H3,(H,11,14)/t8-/m1/s1. The summed E-state index contributed by atoms with van der Waals surface area (Å²) in [6.45, 7) is 6.25. The second-order valence-electron chi connectivity index (χ2n) is 3.71. The van der Waals surface area contributed by atoms with Gasteiger partial charge in [-0.1, -0.05) is 13.8 Å². The van der Waals surface area contributed by atoms with Crippen molar-refractivity contribution in [3.05, 3.63) is 0 Å². The van der Waals surface area contributed by atoms with Gasteiger partial charge in [0.25, 0.3) is 0 Å². The third-order valence-corrected chi connectivity index (χ3v) is 2.24. The van der Waals surface area contributed by atoms with E-state index in [1.54, 1.807) is 11.9 Å². The van der Waals surface area contributed by atoms with Crippen molar-refractivity contribution in [2.24, 2.45) is 5.92 Å². The summed E-state index contributed by atoms with van der Waals surface area (Å²) in [7, 11) is 2.98. The maximum absolute atomic E-state index is 11.8. The fourth-order valence-corrected chi connectivity index (χ4v) is 1.09. The number of rotatable bonds is 4. The second kappa shape index (κ2) is 6.27. The third kappa shape index (κ3) is 4.18. The molecule has 0 aromatic rings. The van der Waals surface area contributed by atoms with Crippen LogP contribution < -0.4 is 5.32 Å². The minimum atomic E-state index is -0.577. The molecule has 0 fully saturated rings. The third-order valence-electron chi connectivity index (χ3n) is 2.24. The molecule has 0 saturated heterocycles. The number of nitrogens with zero attached hydrogens (tertiary/aromatic N) is 1. The summed E-state index contributed by atoms with van der Waals surface area (Å²) in [5.41, 5.74) is 0. The first kappa shape index (κ1) is 13.7. The Morgan fingerprint density at radius 3 is 2.27 bits per heavy atom. The van der Waals surface area contributed by atoms with E-state index < -0.39 is 12.1 Å². The van der Waals surface area contributed by atoms with Crippen molar-refractivity contribution in [3.8, 4) is 0 Å². The monoisotopic (exact) mass is 216 g/mol. The van der Waals surface area contributed by atoms with E-state index >= 15 is 0 Å². The molecule has 0 rings (SSSR count). The van der Waals surface area contributed by atoms with Crippen molar-refractivity contribution in [1.29, 1.82) is 0 Å². The van der Waals surface area contributed by atoms with Crippen LogP contribution in [0.3, 0.4) is 0 Å². The van der Waals surface area contributed by atoms with E-state index in [-0.39, 0.29) is 11.8 Å². The smallest absolute Gasteiger partial charge is 0.407 e. The molecule has 0 heterocycles. The summed E-state index contributed by atoms with van der Waals surface area (Å²) in [6.07, 6.45) is -0.577. The van der Waals surface area contributed by atoms with Gasteiger partial charge >= 0.3 is 6.09 Å². The molecule has 0 saturated carbocycles. The molecule has 0 aliphatic rings. The minimum absolute atomic E-state index is 0.0330. The molecule has 1 N–H and O–H groups in total. The molecule has 0 aromatic carbocycles. The molecule has 0 unspecified atom stereocenters. The molecule has 2 amide bonds. The van der Waals surface area contributed by atoms with Gasteiger partial charge in [-0.3, -0.25) is 4.79 Å². The molecule has 0 aliphatic carbocycles. The van der Waals surface area contributed by atoms with Crippen LogP contribution in [-0.4, -0.2) is 43.6 Å². The van der Waals surface area contributed by atoms with Crippen LogP contribution in [-0.2, 0) is 9.53 Å². The molecular weight excluding hydrogens is 196 g/mol. The van der Waals surface area contributed by atoms with Gasteiger partial charge in [-0.2, -0.15) is 0 Å². The van der Waals surface area contributed by atoms with E-state index in [1.165, 1.54) is 7.11 Å². The lowest BCUT2D eigenvalue weighted by atomic mass is 10.0. The van der Waals surface area contributed by atoms with Crippen molar-refractivity contribution < 1.29 is 14.3 Å². The SMILES string of the molecule is CCN(C)C(=O)[C@H](NC(=O)OC)C(C)C. The molecule has 1 atom stereocenters. The van der Waals surface area contributed by atoms with Crippen LogP contribution >= 0.6 is 0 Å². The van der Waals surface area contributed by atoms with Crippen molar-refractivity contribution in [2.45, 2.75) is 26.8 Å².